The second-order valence-corrected chi connectivity index (χ2v) is 7.24. The molecule has 2 fully saturated rings. The van der Waals surface area contributed by atoms with Gasteiger partial charge in [0.2, 0.25) is 5.91 Å². The summed E-state index contributed by atoms with van der Waals surface area (Å²) in [5.41, 5.74) is 7.12. The van der Waals surface area contributed by atoms with Gasteiger partial charge in [0.25, 0.3) is 5.91 Å². The number of carbonyl (C=O) groups excluding carboxylic acids is 2. The summed E-state index contributed by atoms with van der Waals surface area (Å²) in [7, 11) is 0. The van der Waals surface area contributed by atoms with Gasteiger partial charge in [-0.2, -0.15) is 0 Å². The van der Waals surface area contributed by atoms with E-state index in [2.05, 4.69) is 0 Å². The van der Waals surface area contributed by atoms with Gasteiger partial charge in [0.05, 0.1) is 5.56 Å². The summed E-state index contributed by atoms with van der Waals surface area (Å²) in [4.78, 5) is 29.4. The molecule has 0 atom stereocenters. The molecule has 26 heavy (non-hydrogen) atoms. The van der Waals surface area contributed by atoms with Gasteiger partial charge in [-0.05, 0) is 38.3 Å². The molecule has 2 N–H and O–H groups in total. The van der Waals surface area contributed by atoms with Crippen molar-refractivity contribution in [2.75, 3.05) is 39.3 Å². The largest absolute Gasteiger partial charge is 0.491 e. The quantitative estimate of drug-likeness (QED) is 0.870. The first-order valence-electron chi connectivity index (χ1n) is 9.61. The minimum Gasteiger partial charge on any atom is -0.491 e. The molecule has 1 saturated heterocycles. The molecular formula is C20H29N3O3. The van der Waals surface area contributed by atoms with Crippen molar-refractivity contribution in [1.29, 1.82) is 0 Å². The first-order chi connectivity index (χ1) is 12.6. The third kappa shape index (κ3) is 4.18. The van der Waals surface area contributed by atoms with E-state index in [-0.39, 0.29) is 17.7 Å². The number of hydrogen-bond acceptors (Lipinski definition) is 4. The highest BCUT2D eigenvalue weighted by Gasteiger charge is 2.31. The Bertz CT molecular complexity index is 658. The average Bonchev–Trinajstić information content (AvgIpc) is 2.84. The summed E-state index contributed by atoms with van der Waals surface area (Å²) in [6.07, 6.45) is 4.01. The fourth-order valence-corrected chi connectivity index (χ4v) is 3.53. The summed E-state index contributed by atoms with van der Waals surface area (Å²) in [6, 6.07) is 5.64. The van der Waals surface area contributed by atoms with Crippen molar-refractivity contribution >= 4 is 11.8 Å². The van der Waals surface area contributed by atoms with Crippen LogP contribution in [-0.4, -0.2) is 60.9 Å². The molecule has 2 amide bonds. The molecule has 0 radical (unpaired) electrons. The van der Waals surface area contributed by atoms with E-state index in [1.165, 1.54) is 0 Å². The van der Waals surface area contributed by atoms with E-state index in [0.717, 1.165) is 37.8 Å². The van der Waals surface area contributed by atoms with E-state index in [4.69, 9.17) is 10.5 Å². The standard InChI is InChI=1S/C20H29N3O3/c1-15-6-7-18(26-13-8-21)17(14-15)20(25)23-10-3-9-22(11-12-23)19(24)16-4-2-5-16/h6-7,14,16H,2-5,8-13,21H2,1H3. The van der Waals surface area contributed by atoms with E-state index in [9.17, 15) is 9.59 Å². The smallest absolute Gasteiger partial charge is 0.257 e. The normalized spacial score (nSPS) is 18.2. The molecule has 6 nitrogen and oxygen atoms in total. The third-order valence-electron chi connectivity index (χ3n) is 5.29. The number of aryl methyl sites for hydroxylation is 1. The van der Waals surface area contributed by atoms with Gasteiger partial charge in [0.1, 0.15) is 12.4 Å². The number of nitrogens with two attached hydrogens (primary N) is 1. The lowest BCUT2D eigenvalue weighted by atomic mass is 9.84. The monoisotopic (exact) mass is 359 g/mol. The number of amides is 2. The molecule has 142 valence electrons. The lowest BCUT2D eigenvalue weighted by Gasteiger charge is -2.31. The molecule has 1 aliphatic heterocycles. The maximum atomic E-state index is 13.1. The van der Waals surface area contributed by atoms with Crippen molar-refractivity contribution in [3.8, 4) is 5.75 Å². The van der Waals surface area contributed by atoms with Gasteiger partial charge in [-0.15, -0.1) is 0 Å². The number of benzene rings is 1. The van der Waals surface area contributed by atoms with Crippen LogP contribution < -0.4 is 10.5 Å². The Labute approximate surface area is 155 Å². The highest BCUT2D eigenvalue weighted by molar-refractivity contribution is 5.97. The Balaban J connectivity index is 1.68. The van der Waals surface area contributed by atoms with Gasteiger partial charge in [0, 0.05) is 38.6 Å². The number of carbonyl (C=O) groups is 2. The molecule has 2 aliphatic rings. The molecule has 0 unspecified atom stereocenters. The maximum absolute atomic E-state index is 13.1. The molecule has 0 spiro atoms. The van der Waals surface area contributed by atoms with Crippen molar-refractivity contribution in [2.45, 2.75) is 32.6 Å². The fraction of sp³-hybridized carbons (Fsp3) is 0.600. The highest BCUT2D eigenvalue weighted by atomic mass is 16.5. The number of ether oxygens (including phenoxy) is 1. The molecule has 1 aromatic rings. The lowest BCUT2D eigenvalue weighted by molar-refractivity contribution is -0.138. The molecule has 1 saturated carbocycles. The molecule has 1 heterocycles. The summed E-state index contributed by atoms with van der Waals surface area (Å²) >= 11 is 0. The third-order valence-corrected chi connectivity index (χ3v) is 5.29. The van der Waals surface area contributed by atoms with Crippen LogP contribution in [0, 0.1) is 12.8 Å². The van der Waals surface area contributed by atoms with Crippen LogP contribution in [0.1, 0.15) is 41.6 Å². The molecule has 6 heteroatoms. The van der Waals surface area contributed by atoms with Crippen LogP contribution in [0.5, 0.6) is 5.75 Å². The van der Waals surface area contributed by atoms with Crippen molar-refractivity contribution in [2.24, 2.45) is 11.7 Å². The van der Waals surface area contributed by atoms with Gasteiger partial charge in [-0.3, -0.25) is 9.59 Å². The van der Waals surface area contributed by atoms with E-state index in [1.807, 2.05) is 34.9 Å². The predicted octanol–water partition coefficient (Wildman–Crippen LogP) is 1.81. The second kappa shape index (κ2) is 8.54. The van der Waals surface area contributed by atoms with Crippen molar-refractivity contribution in [3.05, 3.63) is 29.3 Å². The Morgan fingerprint density at radius 1 is 1.12 bits per heavy atom. The first-order valence-corrected chi connectivity index (χ1v) is 9.61. The van der Waals surface area contributed by atoms with E-state index >= 15 is 0 Å². The molecule has 1 aliphatic carbocycles. The van der Waals surface area contributed by atoms with Crippen LogP contribution in [0.3, 0.4) is 0 Å². The zero-order valence-corrected chi connectivity index (χ0v) is 15.6. The van der Waals surface area contributed by atoms with Crippen LogP contribution in [0.25, 0.3) is 0 Å². The number of nitrogens with zero attached hydrogens (tertiary/aromatic N) is 2. The molecule has 1 aromatic carbocycles. The molecule has 3 rings (SSSR count). The SMILES string of the molecule is Cc1ccc(OCCN)c(C(=O)N2CCCN(C(=O)C3CCC3)CC2)c1. The van der Waals surface area contributed by atoms with Gasteiger partial charge >= 0.3 is 0 Å². The first kappa shape index (κ1) is 18.7. The topological polar surface area (TPSA) is 75.9 Å². The minimum absolute atomic E-state index is 0.0290. The van der Waals surface area contributed by atoms with Crippen LogP contribution in [0.15, 0.2) is 18.2 Å². The van der Waals surface area contributed by atoms with E-state index < -0.39 is 0 Å². The molecule has 0 aromatic heterocycles. The van der Waals surface area contributed by atoms with Gasteiger partial charge < -0.3 is 20.3 Å². The van der Waals surface area contributed by atoms with Gasteiger partial charge in [-0.25, -0.2) is 0 Å². The van der Waals surface area contributed by atoms with E-state index in [0.29, 0.717) is 44.1 Å². The second-order valence-electron chi connectivity index (χ2n) is 7.24. The summed E-state index contributed by atoms with van der Waals surface area (Å²) in [5.74, 6) is 1.04. The van der Waals surface area contributed by atoms with E-state index in [1.54, 1.807) is 0 Å². The summed E-state index contributed by atoms with van der Waals surface area (Å²) in [6.45, 7) is 5.34. The van der Waals surface area contributed by atoms with Gasteiger partial charge in [0.15, 0.2) is 0 Å². The highest BCUT2D eigenvalue weighted by Crippen LogP contribution is 2.29. The summed E-state index contributed by atoms with van der Waals surface area (Å²) < 4.78 is 5.66. The Hall–Kier alpha value is -2.08. The Morgan fingerprint density at radius 3 is 2.54 bits per heavy atom. The zero-order valence-electron chi connectivity index (χ0n) is 15.6. The predicted molar refractivity (Wildman–Crippen MR) is 100 cm³/mol. The van der Waals surface area contributed by atoms with Crippen LogP contribution >= 0.6 is 0 Å². The fourth-order valence-electron chi connectivity index (χ4n) is 3.53. The van der Waals surface area contributed by atoms with Crippen LogP contribution in [0.2, 0.25) is 0 Å². The number of rotatable bonds is 5. The van der Waals surface area contributed by atoms with Crippen molar-refractivity contribution in [1.82, 2.24) is 9.80 Å². The average molecular weight is 359 g/mol. The van der Waals surface area contributed by atoms with Crippen molar-refractivity contribution < 1.29 is 14.3 Å². The minimum atomic E-state index is -0.0290. The Morgan fingerprint density at radius 2 is 1.85 bits per heavy atom. The Kier molecular flexibility index (Phi) is 6.14. The van der Waals surface area contributed by atoms with Crippen LogP contribution in [0.4, 0.5) is 0 Å². The maximum Gasteiger partial charge on any atom is 0.257 e. The van der Waals surface area contributed by atoms with Gasteiger partial charge in [-0.1, -0.05) is 18.1 Å². The zero-order chi connectivity index (χ0) is 18.5. The molecule has 0 bridgehead atoms. The van der Waals surface area contributed by atoms with Crippen molar-refractivity contribution in [3.63, 3.8) is 0 Å². The number of hydrogen-bond donors (Lipinski definition) is 1. The summed E-state index contributed by atoms with van der Waals surface area (Å²) in [5, 5.41) is 0. The van der Waals surface area contributed by atoms with Crippen LogP contribution in [-0.2, 0) is 4.79 Å². The molecular weight excluding hydrogens is 330 g/mol. The lowest BCUT2D eigenvalue weighted by Crippen LogP contribution is -2.41.